The minimum absolute atomic E-state index is 0.251. The van der Waals surface area contributed by atoms with Gasteiger partial charge in [0.25, 0.3) is 0 Å². The van der Waals surface area contributed by atoms with E-state index in [0.29, 0.717) is 6.54 Å². The van der Waals surface area contributed by atoms with Crippen LogP contribution in [0.3, 0.4) is 0 Å². The number of nitrogens with one attached hydrogen (secondary N) is 1. The Morgan fingerprint density at radius 1 is 1.15 bits per heavy atom. The Kier molecular flexibility index (Phi) is 5.65. The van der Waals surface area contributed by atoms with Crippen molar-refractivity contribution in [1.29, 1.82) is 0 Å². The molecule has 7 nitrogen and oxygen atoms in total. The van der Waals surface area contributed by atoms with Gasteiger partial charge in [0.05, 0.1) is 18.3 Å². The molecular weight excluding hydrogens is 330 g/mol. The lowest BCUT2D eigenvalue weighted by atomic mass is 10.1. The smallest absolute Gasteiger partial charge is 0.236 e. The van der Waals surface area contributed by atoms with E-state index in [4.69, 9.17) is 4.74 Å². The summed E-state index contributed by atoms with van der Waals surface area (Å²) in [5, 5.41) is 3.46. The molecule has 1 atom stereocenters. The second-order valence-electron chi connectivity index (χ2n) is 7.53. The van der Waals surface area contributed by atoms with Crippen molar-refractivity contribution in [3.8, 4) is 0 Å². The van der Waals surface area contributed by atoms with Crippen LogP contribution in [0.5, 0.6) is 0 Å². The molecule has 0 aliphatic carbocycles. The Morgan fingerprint density at radius 2 is 2.00 bits per heavy atom. The van der Waals surface area contributed by atoms with Crippen molar-refractivity contribution < 1.29 is 9.53 Å². The molecule has 2 fully saturated rings. The van der Waals surface area contributed by atoms with E-state index in [1.165, 1.54) is 18.4 Å². The number of amides is 1. The number of ether oxygens (including phenoxy) is 1. The van der Waals surface area contributed by atoms with Gasteiger partial charge in [-0.3, -0.25) is 9.69 Å². The zero-order valence-electron chi connectivity index (χ0n) is 15.5. The number of anilines is 1. The van der Waals surface area contributed by atoms with Gasteiger partial charge < -0.3 is 15.0 Å². The first-order chi connectivity index (χ1) is 12.8. The number of likely N-dealkylation sites (tertiary alicyclic amines) is 1. The van der Waals surface area contributed by atoms with E-state index in [2.05, 4.69) is 20.2 Å². The van der Waals surface area contributed by atoms with Crippen LogP contribution >= 0.6 is 0 Å². The summed E-state index contributed by atoms with van der Waals surface area (Å²) >= 11 is 0. The molecule has 4 rings (SSSR count). The van der Waals surface area contributed by atoms with Gasteiger partial charge in [-0.05, 0) is 45.2 Å². The highest BCUT2D eigenvalue weighted by Crippen LogP contribution is 2.22. The first kappa shape index (κ1) is 17.7. The van der Waals surface area contributed by atoms with Gasteiger partial charge >= 0.3 is 0 Å². The number of hydrogen-bond donors (Lipinski definition) is 1. The number of carbonyl (C=O) groups excluding carboxylic acids is 1. The van der Waals surface area contributed by atoms with Crippen LogP contribution in [-0.2, 0) is 22.4 Å². The summed E-state index contributed by atoms with van der Waals surface area (Å²) in [4.78, 5) is 25.9. The highest BCUT2D eigenvalue weighted by Gasteiger charge is 2.24. The maximum absolute atomic E-state index is 12.7. The monoisotopic (exact) mass is 359 g/mol. The molecular formula is C19H29N5O2. The van der Waals surface area contributed by atoms with Gasteiger partial charge in [0.15, 0.2) is 0 Å². The quantitative estimate of drug-likeness (QED) is 0.849. The lowest BCUT2D eigenvalue weighted by Gasteiger charge is -2.23. The third-order valence-electron chi connectivity index (χ3n) is 5.72. The molecule has 0 spiro atoms. The molecule has 4 heterocycles. The molecule has 26 heavy (non-hydrogen) atoms. The largest absolute Gasteiger partial charge is 0.376 e. The minimum atomic E-state index is 0.251. The molecule has 2 saturated heterocycles. The molecule has 0 radical (unpaired) electrons. The Labute approximate surface area is 155 Å². The van der Waals surface area contributed by atoms with Crippen molar-refractivity contribution in [3.63, 3.8) is 0 Å². The van der Waals surface area contributed by atoms with Gasteiger partial charge in [-0.25, -0.2) is 9.97 Å². The van der Waals surface area contributed by atoms with Gasteiger partial charge in [-0.15, -0.1) is 0 Å². The normalized spacial score (nSPS) is 23.7. The van der Waals surface area contributed by atoms with Crippen molar-refractivity contribution >= 4 is 11.7 Å². The zero-order valence-corrected chi connectivity index (χ0v) is 15.5. The van der Waals surface area contributed by atoms with E-state index in [0.717, 1.165) is 76.5 Å². The van der Waals surface area contributed by atoms with Crippen molar-refractivity contribution in [1.82, 2.24) is 19.8 Å². The van der Waals surface area contributed by atoms with Gasteiger partial charge in [-0.1, -0.05) is 0 Å². The number of fused-ring (bicyclic) bond motifs is 1. The summed E-state index contributed by atoms with van der Waals surface area (Å²) in [6.45, 7) is 5.84. The molecule has 1 aromatic heterocycles. The maximum Gasteiger partial charge on any atom is 0.236 e. The van der Waals surface area contributed by atoms with Crippen molar-refractivity contribution in [2.75, 3.05) is 51.2 Å². The Balaban J connectivity index is 1.37. The second-order valence-corrected chi connectivity index (χ2v) is 7.53. The lowest BCUT2D eigenvalue weighted by molar-refractivity contribution is -0.132. The third-order valence-corrected chi connectivity index (χ3v) is 5.72. The molecule has 7 heteroatoms. The van der Waals surface area contributed by atoms with E-state index < -0.39 is 0 Å². The number of hydrogen-bond acceptors (Lipinski definition) is 6. The molecule has 142 valence electrons. The molecule has 0 unspecified atom stereocenters. The summed E-state index contributed by atoms with van der Waals surface area (Å²) in [6.07, 6.45) is 8.22. The Morgan fingerprint density at radius 3 is 2.81 bits per heavy atom. The number of nitrogens with zero attached hydrogens (tertiary/aromatic N) is 4. The van der Waals surface area contributed by atoms with Crippen LogP contribution in [0.2, 0.25) is 0 Å². The van der Waals surface area contributed by atoms with Crippen LogP contribution in [-0.4, -0.2) is 77.7 Å². The summed E-state index contributed by atoms with van der Waals surface area (Å²) in [5.74, 6) is 1.17. The van der Waals surface area contributed by atoms with Gasteiger partial charge in [0.1, 0.15) is 12.1 Å². The Hall–Kier alpha value is -1.73. The standard InChI is InChI=1S/C19H29N5O2/c25-18(13-23-7-1-2-8-23)24-9-5-16-17(6-10-24)21-14-22-19(16)20-12-15-4-3-11-26-15/h14-15H,1-13H2,(H,20,21,22)/t15-/m1/s1. The summed E-state index contributed by atoms with van der Waals surface area (Å²) in [6, 6.07) is 0. The first-order valence-corrected chi connectivity index (χ1v) is 9.98. The number of aromatic nitrogens is 2. The molecule has 3 aliphatic heterocycles. The zero-order chi connectivity index (χ0) is 17.8. The fourth-order valence-corrected chi connectivity index (χ4v) is 4.18. The van der Waals surface area contributed by atoms with E-state index in [1.54, 1.807) is 6.33 Å². The minimum Gasteiger partial charge on any atom is -0.376 e. The van der Waals surface area contributed by atoms with Crippen LogP contribution in [0.1, 0.15) is 36.9 Å². The van der Waals surface area contributed by atoms with Gasteiger partial charge in [0.2, 0.25) is 5.91 Å². The number of rotatable bonds is 5. The van der Waals surface area contributed by atoms with Gasteiger partial charge in [-0.2, -0.15) is 0 Å². The second kappa shape index (κ2) is 8.31. The van der Waals surface area contributed by atoms with Crippen LogP contribution in [0, 0.1) is 0 Å². The van der Waals surface area contributed by atoms with E-state index in [9.17, 15) is 4.79 Å². The number of carbonyl (C=O) groups is 1. The fourth-order valence-electron chi connectivity index (χ4n) is 4.18. The third kappa shape index (κ3) is 4.15. The molecule has 1 N–H and O–H groups in total. The highest BCUT2D eigenvalue weighted by molar-refractivity contribution is 5.78. The van der Waals surface area contributed by atoms with E-state index >= 15 is 0 Å². The molecule has 3 aliphatic rings. The lowest BCUT2D eigenvalue weighted by Crippen LogP contribution is -2.40. The Bertz CT molecular complexity index is 626. The highest BCUT2D eigenvalue weighted by atomic mass is 16.5. The predicted molar refractivity (Wildman–Crippen MR) is 99.2 cm³/mol. The van der Waals surface area contributed by atoms with E-state index in [-0.39, 0.29) is 12.0 Å². The molecule has 0 bridgehead atoms. The SMILES string of the molecule is O=C(CN1CCCC1)N1CCc2ncnc(NC[C@H]3CCCO3)c2CC1. The van der Waals surface area contributed by atoms with Crippen LogP contribution in [0.15, 0.2) is 6.33 Å². The first-order valence-electron chi connectivity index (χ1n) is 9.98. The average Bonchev–Trinajstić information content (AvgIpc) is 3.30. The molecule has 1 aromatic rings. The molecule has 0 saturated carbocycles. The summed E-state index contributed by atoms with van der Waals surface area (Å²) in [5.41, 5.74) is 2.24. The van der Waals surface area contributed by atoms with Crippen molar-refractivity contribution in [2.45, 2.75) is 44.6 Å². The summed E-state index contributed by atoms with van der Waals surface area (Å²) < 4.78 is 5.69. The molecule has 0 aromatic carbocycles. The van der Waals surface area contributed by atoms with Crippen LogP contribution in [0.25, 0.3) is 0 Å². The van der Waals surface area contributed by atoms with Crippen LogP contribution < -0.4 is 5.32 Å². The van der Waals surface area contributed by atoms with Crippen molar-refractivity contribution in [3.05, 3.63) is 17.6 Å². The average molecular weight is 359 g/mol. The maximum atomic E-state index is 12.7. The van der Waals surface area contributed by atoms with E-state index in [1.807, 2.05) is 4.90 Å². The van der Waals surface area contributed by atoms with Crippen molar-refractivity contribution in [2.24, 2.45) is 0 Å². The van der Waals surface area contributed by atoms with Gasteiger partial charge in [0, 0.05) is 38.2 Å². The van der Waals surface area contributed by atoms with Crippen LogP contribution in [0.4, 0.5) is 5.82 Å². The molecule has 1 amide bonds. The predicted octanol–water partition coefficient (Wildman–Crippen LogP) is 1.09. The fraction of sp³-hybridized carbons (Fsp3) is 0.737. The topological polar surface area (TPSA) is 70.6 Å². The summed E-state index contributed by atoms with van der Waals surface area (Å²) in [7, 11) is 0.